The maximum atomic E-state index is 12.6. The fraction of sp³-hybridized carbons (Fsp3) is 0.632. The van der Waals surface area contributed by atoms with Gasteiger partial charge in [-0.05, 0) is 36.8 Å². The predicted molar refractivity (Wildman–Crippen MR) is 87.7 cm³/mol. The number of carbonyl (C=O) groups is 1. The number of hydrogen-bond acceptors (Lipinski definition) is 3. The summed E-state index contributed by atoms with van der Waals surface area (Å²) in [6, 6.07) is 4.14. The summed E-state index contributed by atoms with van der Waals surface area (Å²) in [6.07, 6.45) is 5.91. The predicted octanol–water partition coefficient (Wildman–Crippen LogP) is 3.38. The second-order valence-corrected chi connectivity index (χ2v) is 7.28. The highest BCUT2D eigenvalue weighted by Crippen LogP contribution is 2.52. The Kier molecular flexibility index (Phi) is 3.70. The smallest absolute Gasteiger partial charge is 0.223 e. The second-order valence-electron chi connectivity index (χ2n) is 7.28. The molecule has 4 heteroatoms. The molecule has 0 saturated heterocycles. The van der Waals surface area contributed by atoms with Crippen LogP contribution in [0.25, 0.3) is 0 Å². The highest BCUT2D eigenvalue weighted by Gasteiger charge is 2.49. The van der Waals surface area contributed by atoms with E-state index in [2.05, 4.69) is 11.4 Å². The van der Waals surface area contributed by atoms with Gasteiger partial charge < -0.3 is 14.8 Å². The van der Waals surface area contributed by atoms with Crippen molar-refractivity contribution in [2.24, 2.45) is 17.8 Å². The molecule has 3 atom stereocenters. The molecule has 1 aromatic rings. The third-order valence-electron chi connectivity index (χ3n) is 5.72. The number of fused-ring (bicyclic) bond motifs is 1. The zero-order chi connectivity index (χ0) is 16.0. The fourth-order valence-corrected chi connectivity index (χ4v) is 4.10. The molecule has 4 rings (SSSR count). The van der Waals surface area contributed by atoms with E-state index < -0.39 is 0 Å². The number of amides is 1. The Balaban J connectivity index is 1.48. The second kappa shape index (κ2) is 5.73. The largest absolute Gasteiger partial charge is 0.493 e. The first kappa shape index (κ1) is 14.9. The van der Waals surface area contributed by atoms with Gasteiger partial charge in [-0.15, -0.1) is 0 Å². The number of methoxy groups -OCH3 is 1. The standard InChI is InChI=1S/C19H25NO3/c1-11-8-15-16(6-7-23-18(15)17(9-11)22-2)20-19(21)14-10-13(14)12-4-3-5-12/h8-9,12-14,16H,3-7,10H2,1-2H3,(H,20,21). The Bertz CT molecular complexity index is 623. The van der Waals surface area contributed by atoms with E-state index in [1.807, 2.05) is 13.0 Å². The van der Waals surface area contributed by atoms with E-state index in [1.54, 1.807) is 7.11 Å². The van der Waals surface area contributed by atoms with Gasteiger partial charge >= 0.3 is 0 Å². The van der Waals surface area contributed by atoms with Crippen molar-refractivity contribution in [1.82, 2.24) is 5.32 Å². The summed E-state index contributed by atoms with van der Waals surface area (Å²) in [6.45, 7) is 2.66. The molecule has 1 heterocycles. The van der Waals surface area contributed by atoms with E-state index in [0.717, 1.165) is 41.4 Å². The van der Waals surface area contributed by atoms with Crippen LogP contribution in [-0.2, 0) is 4.79 Å². The summed E-state index contributed by atoms with van der Waals surface area (Å²) in [4.78, 5) is 12.6. The molecular formula is C19H25NO3. The summed E-state index contributed by atoms with van der Waals surface area (Å²) >= 11 is 0. The van der Waals surface area contributed by atoms with Crippen LogP contribution in [0, 0.1) is 24.7 Å². The summed E-state index contributed by atoms with van der Waals surface area (Å²) < 4.78 is 11.2. The molecule has 1 amide bonds. The molecule has 124 valence electrons. The minimum absolute atomic E-state index is 0.0442. The Morgan fingerprint density at radius 2 is 2.13 bits per heavy atom. The molecule has 0 spiro atoms. The van der Waals surface area contributed by atoms with Crippen LogP contribution < -0.4 is 14.8 Å². The lowest BCUT2D eigenvalue weighted by atomic mass is 9.81. The molecule has 0 aromatic heterocycles. The molecule has 2 fully saturated rings. The molecule has 4 nitrogen and oxygen atoms in total. The van der Waals surface area contributed by atoms with Gasteiger partial charge in [-0.3, -0.25) is 4.79 Å². The average Bonchev–Trinajstić information content (AvgIpc) is 3.25. The van der Waals surface area contributed by atoms with Gasteiger partial charge in [0.1, 0.15) is 0 Å². The first-order valence-corrected chi connectivity index (χ1v) is 8.79. The van der Waals surface area contributed by atoms with Crippen molar-refractivity contribution in [2.45, 2.75) is 45.1 Å². The molecular weight excluding hydrogens is 290 g/mol. The number of aryl methyl sites for hydroxylation is 1. The fourth-order valence-electron chi connectivity index (χ4n) is 4.10. The van der Waals surface area contributed by atoms with Crippen LogP contribution in [0.2, 0.25) is 0 Å². The van der Waals surface area contributed by atoms with Crippen molar-refractivity contribution >= 4 is 5.91 Å². The van der Waals surface area contributed by atoms with Crippen LogP contribution in [0.5, 0.6) is 11.5 Å². The van der Waals surface area contributed by atoms with E-state index >= 15 is 0 Å². The van der Waals surface area contributed by atoms with E-state index in [9.17, 15) is 4.79 Å². The van der Waals surface area contributed by atoms with Gasteiger partial charge in [0.05, 0.1) is 19.8 Å². The summed E-state index contributed by atoms with van der Waals surface area (Å²) in [5.74, 6) is 3.50. The SMILES string of the molecule is COc1cc(C)cc2c1OCCC2NC(=O)C1CC1C1CCC1. The summed E-state index contributed by atoms with van der Waals surface area (Å²) in [7, 11) is 1.66. The van der Waals surface area contributed by atoms with E-state index in [4.69, 9.17) is 9.47 Å². The van der Waals surface area contributed by atoms with Crippen LogP contribution >= 0.6 is 0 Å². The molecule has 2 aliphatic carbocycles. The summed E-state index contributed by atoms with van der Waals surface area (Å²) in [5.41, 5.74) is 2.19. The Labute approximate surface area is 137 Å². The highest BCUT2D eigenvalue weighted by atomic mass is 16.5. The van der Waals surface area contributed by atoms with Gasteiger partial charge in [0.15, 0.2) is 11.5 Å². The quantitative estimate of drug-likeness (QED) is 0.926. The lowest BCUT2D eigenvalue weighted by Crippen LogP contribution is -2.34. The Hall–Kier alpha value is -1.71. The monoisotopic (exact) mass is 315 g/mol. The molecule has 0 radical (unpaired) electrons. The van der Waals surface area contributed by atoms with E-state index in [0.29, 0.717) is 12.5 Å². The molecule has 2 saturated carbocycles. The van der Waals surface area contributed by atoms with Gasteiger partial charge in [-0.1, -0.05) is 25.3 Å². The molecule has 1 aromatic carbocycles. The van der Waals surface area contributed by atoms with E-state index in [-0.39, 0.29) is 17.9 Å². The molecule has 1 aliphatic heterocycles. The van der Waals surface area contributed by atoms with Crippen molar-refractivity contribution in [1.29, 1.82) is 0 Å². The molecule has 1 N–H and O–H groups in total. The van der Waals surface area contributed by atoms with Crippen LogP contribution in [0.1, 0.15) is 49.3 Å². The lowest BCUT2D eigenvalue weighted by Gasteiger charge is -2.29. The Morgan fingerprint density at radius 3 is 2.83 bits per heavy atom. The number of hydrogen-bond donors (Lipinski definition) is 1. The van der Waals surface area contributed by atoms with Crippen LogP contribution in [0.15, 0.2) is 12.1 Å². The number of ether oxygens (including phenoxy) is 2. The number of benzene rings is 1. The first-order valence-electron chi connectivity index (χ1n) is 8.79. The van der Waals surface area contributed by atoms with Gasteiger partial charge in [0.2, 0.25) is 5.91 Å². The third kappa shape index (κ3) is 2.68. The van der Waals surface area contributed by atoms with Crippen molar-refractivity contribution < 1.29 is 14.3 Å². The van der Waals surface area contributed by atoms with Crippen LogP contribution in [0.4, 0.5) is 0 Å². The lowest BCUT2D eigenvalue weighted by molar-refractivity contribution is -0.123. The first-order chi connectivity index (χ1) is 11.2. The number of carbonyl (C=O) groups excluding carboxylic acids is 1. The normalized spacial score (nSPS) is 29.0. The number of rotatable bonds is 4. The minimum Gasteiger partial charge on any atom is -0.493 e. The van der Waals surface area contributed by atoms with Gasteiger partial charge in [-0.25, -0.2) is 0 Å². The molecule has 0 bridgehead atoms. The van der Waals surface area contributed by atoms with Crippen LogP contribution in [0.3, 0.4) is 0 Å². The number of nitrogens with one attached hydrogen (secondary N) is 1. The van der Waals surface area contributed by atoms with Gasteiger partial charge in [0.25, 0.3) is 0 Å². The Morgan fingerprint density at radius 1 is 1.30 bits per heavy atom. The van der Waals surface area contributed by atoms with Gasteiger partial charge in [0, 0.05) is 17.9 Å². The van der Waals surface area contributed by atoms with Crippen molar-refractivity contribution in [3.05, 3.63) is 23.3 Å². The van der Waals surface area contributed by atoms with Crippen molar-refractivity contribution in [2.75, 3.05) is 13.7 Å². The molecule has 3 unspecified atom stereocenters. The minimum atomic E-state index is 0.0442. The van der Waals surface area contributed by atoms with Crippen LogP contribution in [-0.4, -0.2) is 19.6 Å². The van der Waals surface area contributed by atoms with E-state index in [1.165, 1.54) is 19.3 Å². The van der Waals surface area contributed by atoms with Crippen molar-refractivity contribution in [3.63, 3.8) is 0 Å². The maximum Gasteiger partial charge on any atom is 0.223 e. The highest BCUT2D eigenvalue weighted by molar-refractivity contribution is 5.82. The van der Waals surface area contributed by atoms with Gasteiger partial charge in [-0.2, -0.15) is 0 Å². The zero-order valence-electron chi connectivity index (χ0n) is 13.9. The third-order valence-corrected chi connectivity index (χ3v) is 5.72. The summed E-state index contributed by atoms with van der Waals surface area (Å²) in [5, 5.41) is 3.27. The van der Waals surface area contributed by atoms with Crippen molar-refractivity contribution in [3.8, 4) is 11.5 Å². The molecule has 3 aliphatic rings. The zero-order valence-corrected chi connectivity index (χ0v) is 13.9. The average molecular weight is 315 g/mol. The topological polar surface area (TPSA) is 47.6 Å². The maximum absolute atomic E-state index is 12.6. The molecule has 23 heavy (non-hydrogen) atoms.